The molecule has 0 aromatic heterocycles. The molecule has 0 fully saturated rings. The zero-order valence-electron chi connectivity index (χ0n) is 18.3. The van der Waals surface area contributed by atoms with Crippen molar-refractivity contribution in [3.05, 3.63) is 52.6 Å². The average Bonchev–Trinajstić information content (AvgIpc) is 3.06. The van der Waals surface area contributed by atoms with Crippen LogP contribution in [0.5, 0.6) is 23.0 Å². The third kappa shape index (κ3) is 4.25. The van der Waals surface area contributed by atoms with E-state index in [2.05, 4.69) is 13.0 Å². The highest BCUT2D eigenvalue weighted by Crippen LogP contribution is 2.51. The van der Waals surface area contributed by atoms with Gasteiger partial charge in [-0.1, -0.05) is 19.1 Å². The molecule has 162 valence electrons. The lowest BCUT2D eigenvalue weighted by molar-refractivity contribution is 0.205. The van der Waals surface area contributed by atoms with Gasteiger partial charge in [-0.15, -0.1) is 0 Å². The number of fused-ring (bicyclic) bond motifs is 1. The lowest BCUT2D eigenvalue weighted by Crippen LogP contribution is -2.22. The van der Waals surface area contributed by atoms with Crippen LogP contribution in [0.4, 0.5) is 0 Å². The second-order valence-electron chi connectivity index (χ2n) is 7.66. The minimum Gasteiger partial charge on any atom is -0.504 e. The summed E-state index contributed by atoms with van der Waals surface area (Å²) in [5.41, 5.74) is 3.82. The van der Waals surface area contributed by atoms with Crippen LogP contribution in [0.3, 0.4) is 0 Å². The summed E-state index contributed by atoms with van der Waals surface area (Å²) in [4.78, 5) is 1.94. The number of benzene rings is 2. The van der Waals surface area contributed by atoms with Crippen LogP contribution in [0.15, 0.2) is 30.3 Å². The normalized spacial score (nSPS) is 18.0. The highest BCUT2D eigenvalue weighted by Gasteiger charge is 2.35. The van der Waals surface area contributed by atoms with E-state index in [0.717, 1.165) is 28.0 Å². The van der Waals surface area contributed by atoms with E-state index < -0.39 is 0 Å². The molecule has 0 unspecified atom stereocenters. The third-order valence-corrected chi connectivity index (χ3v) is 5.52. The molecule has 6 nitrogen and oxygen atoms in total. The van der Waals surface area contributed by atoms with E-state index in [1.165, 1.54) is 0 Å². The standard InChI is InChI=1S/C24H31NO5/c1-6-7-16-10-19-15(2)23(30-24(19)21(11-16)29-5)17-12-18(14-25(3)8-9-26)22(27)20(13-17)28-4/h6-7,10-13,15,23,26-27H,8-9,14H2,1-5H3/t15-,23-/m0/s1. The van der Waals surface area contributed by atoms with E-state index >= 15 is 0 Å². The summed E-state index contributed by atoms with van der Waals surface area (Å²) in [7, 11) is 5.09. The number of methoxy groups -OCH3 is 2. The third-order valence-electron chi connectivity index (χ3n) is 5.52. The number of aliphatic hydroxyl groups is 1. The summed E-state index contributed by atoms with van der Waals surface area (Å²) in [5, 5.41) is 19.8. The van der Waals surface area contributed by atoms with E-state index in [0.29, 0.717) is 24.6 Å². The van der Waals surface area contributed by atoms with E-state index in [4.69, 9.17) is 14.2 Å². The number of likely N-dealkylation sites (N-methyl/N-ethyl adjacent to an activating group) is 1. The van der Waals surface area contributed by atoms with Gasteiger partial charge in [-0.3, -0.25) is 4.90 Å². The van der Waals surface area contributed by atoms with Crippen LogP contribution in [-0.4, -0.2) is 49.5 Å². The van der Waals surface area contributed by atoms with Crippen molar-refractivity contribution < 1.29 is 24.4 Å². The summed E-state index contributed by atoms with van der Waals surface area (Å²) >= 11 is 0. The SMILES string of the molecule is CC=Cc1cc(OC)c2c(c1)[C@H](C)[C@@H](c1cc(CN(C)CCO)c(O)c(OC)c1)O2. The van der Waals surface area contributed by atoms with Gasteiger partial charge in [0.1, 0.15) is 6.10 Å². The van der Waals surface area contributed by atoms with Gasteiger partial charge in [0.2, 0.25) is 0 Å². The van der Waals surface area contributed by atoms with Gasteiger partial charge in [-0.05, 0) is 49.4 Å². The molecule has 30 heavy (non-hydrogen) atoms. The Labute approximate surface area is 178 Å². The predicted octanol–water partition coefficient (Wildman–Crippen LogP) is 4.10. The van der Waals surface area contributed by atoms with Crippen molar-refractivity contribution in [2.75, 3.05) is 34.4 Å². The van der Waals surface area contributed by atoms with E-state index in [9.17, 15) is 10.2 Å². The number of phenolic OH excluding ortho intramolecular Hbond substituents is 1. The quantitative estimate of drug-likeness (QED) is 0.679. The molecule has 2 aromatic carbocycles. The second-order valence-corrected chi connectivity index (χ2v) is 7.66. The van der Waals surface area contributed by atoms with Crippen molar-refractivity contribution in [1.82, 2.24) is 4.90 Å². The molecule has 1 heterocycles. The maximum absolute atomic E-state index is 10.6. The summed E-state index contributed by atoms with van der Waals surface area (Å²) < 4.78 is 17.4. The molecule has 1 aliphatic rings. The highest BCUT2D eigenvalue weighted by atomic mass is 16.5. The summed E-state index contributed by atoms with van der Waals surface area (Å²) in [6, 6.07) is 7.89. The molecule has 0 saturated carbocycles. The van der Waals surface area contributed by atoms with Gasteiger partial charge in [0.25, 0.3) is 0 Å². The van der Waals surface area contributed by atoms with Crippen LogP contribution in [-0.2, 0) is 6.54 Å². The van der Waals surface area contributed by atoms with Gasteiger partial charge in [-0.2, -0.15) is 0 Å². The first-order chi connectivity index (χ1) is 14.4. The molecule has 0 radical (unpaired) electrons. The predicted molar refractivity (Wildman–Crippen MR) is 118 cm³/mol. The molecule has 2 N–H and O–H groups in total. The van der Waals surface area contributed by atoms with Crippen molar-refractivity contribution in [3.63, 3.8) is 0 Å². The number of nitrogens with zero attached hydrogens (tertiary/aromatic N) is 1. The minimum absolute atomic E-state index is 0.0561. The van der Waals surface area contributed by atoms with Gasteiger partial charge in [0, 0.05) is 30.1 Å². The molecule has 0 saturated heterocycles. The molecule has 0 aliphatic carbocycles. The monoisotopic (exact) mass is 413 g/mol. The largest absolute Gasteiger partial charge is 0.504 e. The first kappa shape index (κ1) is 22.0. The van der Waals surface area contributed by atoms with Crippen LogP contribution in [0.1, 0.15) is 48.1 Å². The number of allylic oxidation sites excluding steroid dienone is 1. The fourth-order valence-corrected chi connectivity index (χ4v) is 3.97. The Kier molecular flexibility index (Phi) is 6.90. The minimum atomic E-state index is -0.230. The lowest BCUT2D eigenvalue weighted by atomic mass is 9.90. The topological polar surface area (TPSA) is 71.4 Å². The molecular weight excluding hydrogens is 382 g/mol. The number of hydrogen-bond donors (Lipinski definition) is 2. The number of hydrogen-bond acceptors (Lipinski definition) is 6. The Hall–Kier alpha value is -2.70. The van der Waals surface area contributed by atoms with Gasteiger partial charge < -0.3 is 24.4 Å². The fourth-order valence-electron chi connectivity index (χ4n) is 3.97. The molecule has 0 spiro atoms. The molecule has 2 aromatic rings. The van der Waals surface area contributed by atoms with E-state index in [1.807, 2.05) is 49.2 Å². The average molecular weight is 414 g/mol. The van der Waals surface area contributed by atoms with Gasteiger partial charge in [-0.25, -0.2) is 0 Å². The molecule has 0 amide bonds. The van der Waals surface area contributed by atoms with Crippen molar-refractivity contribution in [3.8, 4) is 23.0 Å². The Bertz CT molecular complexity index is 924. The number of aliphatic hydroxyl groups excluding tert-OH is 1. The van der Waals surface area contributed by atoms with Crippen LogP contribution in [0.25, 0.3) is 6.08 Å². The Morgan fingerprint density at radius 2 is 1.87 bits per heavy atom. The Morgan fingerprint density at radius 1 is 1.13 bits per heavy atom. The zero-order valence-corrected chi connectivity index (χ0v) is 18.3. The molecular formula is C24H31NO5. The van der Waals surface area contributed by atoms with Gasteiger partial charge in [0.05, 0.1) is 20.8 Å². The number of aromatic hydroxyl groups is 1. The summed E-state index contributed by atoms with van der Waals surface area (Å²) in [6.07, 6.45) is 3.81. The zero-order chi connectivity index (χ0) is 21.8. The van der Waals surface area contributed by atoms with Crippen LogP contribution in [0.2, 0.25) is 0 Å². The highest BCUT2D eigenvalue weighted by molar-refractivity contribution is 5.62. The number of ether oxygens (including phenoxy) is 3. The van der Waals surface area contributed by atoms with Crippen molar-refractivity contribution in [1.29, 1.82) is 0 Å². The number of rotatable bonds is 8. The molecule has 0 bridgehead atoms. The summed E-state index contributed by atoms with van der Waals surface area (Å²) in [5.74, 6) is 2.09. The molecule has 6 heteroatoms. The molecule has 2 atom stereocenters. The van der Waals surface area contributed by atoms with Crippen molar-refractivity contribution in [2.45, 2.75) is 32.4 Å². The maximum Gasteiger partial charge on any atom is 0.165 e. The lowest BCUT2D eigenvalue weighted by Gasteiger charge is -2.21. The van der Waals surface area contributed by atoms with Gasteiger partial charge in [0.15, 0.2) is 23.0 Å². The molecule has 1 aliphatic heterocycles. The van der Waals surface area contributed by atoms with Gasteiger partial charge >= 0.3 is 0 Å². The Morgan fingerprint density at radius 3 is 2.50 bits per heavy atom. The van der Waals surface area contributed by atoms with Crippen LogP contribution >= 0.6 is 0 Å². The van der Waals surface area contributed by atoms with Crippen molar-refractivity contribution in [2.24, 2.45) is 0 Å². The first-order valence-electron chi connectivity index (χ1n) is 10.1. The van der Waals surface area contributed by atoms with Crippen LogP contribution < -0.4 is 14.2 Å². The van der Waals surface area contributed by atoms with E-state index in [1.54, 1.807) is 14.2 Å². The fraction of sp³-hybridized carbons (Fsp3) is 0.417. The smallest absolute Gasteiger partial charge is 0.165 e. The van der Waals surface area contributed by atoms with Crippen molar-refractivity contribution >= 4 is 6.08 Å². The van der Waals surface area contributed by atoms with E-state index in [-0.39, 0.29) is 24.4 Å². The summed E-state index contributed by atoms with van der Waals surface area (Å²) in [6.45, 7) is 5.17. The first-order valence-corrected chi connectivity index (χ1v) is 10.1. The second kappa shape index (κ2) is 9.41. The Balaban J connectivity index is 2.01. The molecule has 3 rings (SSSR count). The number of phenols is 1. The maximum atomic E-state index is 10.6. The van der Waals surface area contributed by atoms with Crippen LogP contribution in [0, 0.1) is 0 Å².